The number of hydrogen-bond donors (Lipinski definition) is 1. The van der Waals surface area contributed by atoms with E-state index in [9.17, 15) is 10.1 Å². The number of anilines is 1. The third-order valence-corrected chi connectivity index (χ3v) is 5.73. The smallest absolute Gasteiger partial charge is 0.268 e. The van der Waals surface area contributed by atoms with Gasteiger partial charge in [0.2, 0.25) is 0 Å². The maximum Gasteiger partial charge on any atom is 0.268 e. The van der Waals surface area contributed by atoms with Gasteiger partial charge in [-0.15, -0.1) is 11.3 Å². The van der Waals surface area contributed by atoms with E-state index in [1.54, 1.807) is 12.3 Å². The van der Waals surface area contributed by atoms with Gasteiger partial charge in [0, 0.05) is 17.5 Å². The van der Waals surface area contributed by atoms with E-state index in [0.717, 1.165) is 29.0 Å². The Bertz CT molecular complexity index is 1070. The van der Waals surface area contributed by atoms with Gasteiger partial charge < -0.3 is 4.74 Å². The van der Waals surface area contributed by atoms with Gasteiger partial charge in [0.05, 0.1) is 6.61 Å². The van der Waals surface area contributed by atoms with Crippen LogP contribution in [0.25, 0.3) is 6.08 Å². The molecule has 0 saturated carbocycles. The fraction of sp³-hybridized carbons (Fsp3) is 0.269. The summed E-state index contributed by atoms with van der Waals surface area (Å²) < 4.78 is 5.74. The predicted molar refractivity (Wildman–Crippen MR) is 130 cm³/mol. The summed E-state index contributed by atoms with van der Waals surface area (Å²) in [6.07, 6.45) is 8.71. The maximum atomic E-state index is 12.6. The summed E-state index contributed by atoms with van der Waals surface area (Å²) in [5, 5.41) is 12.7. The lowest BCUT2D eigenvalue weighted by atomic mass is 10.1. The van der Waals surface area contributed by atoms with Crippen LogP contribution in [0.5, 0.6) is 5.75 Å². The Hall–Kier alpha value is -3.43. The first-order chi connectivity index (χ1) is 15.7. The SMILES string of the molecule is CCCCCCOc1ccc(C=C(C#N)C(=O)Nc2ncc(Cc3ccccc3)s2)cc1. The van der Waals surface area contributed by atoms with Crippen molar-refractivity contribution in [3.05, 3.63) is 82.4 Å². The highest BCUT2D eigenvalue weighted by molar-refractivity contribution is 7.15. The first-order valence-electron chi connectivity index (χ1n) is 10.8. The summed E-state index contributed by atoms with van der Waals surface area (Å²) in [7, 11) is 0. The molecule has 0 saturated heterocycles. The van der Waals surface area contributed by atoms with Crippen molar-refractivity contribution in [2.75, 3.05) is 11.9 Å². The summed E-state index contributed by atoms with van der Waals surface area (Å²) in [4.78, 5) is 17.9. The maximum absolute atomic E-state index is 12.6. The fourth-order valence-corrected chi connectivity index (χ4v) is 3.94. The van der Waals surface area contributed by atoms with E-state index >= 15 is 0 Å². The van der Waals surface area contributed by atoms with Gasteiger partial charge in [0.1, 0.15) is 17.4 Å². The molecule has 0 spiro atoms. The first kappa shape index (κ1) is 23.2. The van der Waals surface area contributed by atoms with Crippen LogP contribution >= 0.6 is 11.3 Å². The lowest BCUT2D eigenvalue weighted by molar-refractivity contribution is -0.112. The molecular weight excluding hydrogens is 418 g/mol. The summed E-state index contributed by atoms with van der Waals surface area (Å²) >= 11 is 1.41. The highest BCUT2D eigenvalue weighted by Gasteiger charge is 2.12. The van der Waals surface area contributed by atoms with Gasteiger partial charge in [0.25, 0.3) is 5.91 Å². The number of nitrogens with one attached hydrogen (secondary N) is 1. The van der Waals surface area contributed by atoms with Crippen LogP contribution in [0.15, 0.2) is 66.4 Å². The van der Waals surface area contributed by atoms with Gasteiger partial charge in [0.15, 0.2) is 5.13 Å². The van der Waals surface area contributed by atoms with Crippen molar-refractivity contribution < 1.29 is 9.53 Å². The van der Waals surface area contributed by atoms with Crippen molar-refractivity contribution in [1.82, 2.24) is 4.98 Å². The number of thiazole rings is 1. The van der Waals surface area contributed by atoms with Gasteiger partial charge in [-0.05, 0) is 35.8 Å². The number of benzene rings is 2. The lowest BCUT2D eigenvalue weighted by Gasteiger charge is -2.06. The van der Waals surface area contributed by atoms with Crippen molar-refractivity contribution in [2.45, 2.75) is 39.0 Å². The molecule has 3 rings (SSSR count). The molecule has 5 nitrogen and oxygen atoms in total. The van der Waals surface area contributed by atoms with Gasteiger partial charge in [-0.3, -0.25) is 10.1 Å². The number of unbranched alkanes of at least 4 members (excludes halogenated alkanes) is 3. The van der Waals surface area contributed by atoms with Crippen LogP contribution in [0.2, 0.25) is 0 Å². The minimum Gasteiger partial charge on any atom is -0.494 e. The monoisotopic (exact) mass is 445 g/mol. The highest BCUT2D eigenvalue weighted by atomic mass is 32.1. The zero-order valence-electron chi connectivity index (χ0n) is 18.2. The van der Waals surface area contributed by atoms with E-state index in [2.05, 4.69) is 29.4 Å². The third kappa shape index (κ3) is 7.36. The molecule has 32 heavy (non-hydrogen) atoms. The molecule has 0 atom stereocenters. The lowest BCUT2D eigenvalue weighted by Crippen LogP contribution is -2.13. The van der Waals surface area contributed by atoms with Gasteiger partial charge >= 0.3 is 0 Å². The topological polar surface area (TPSA) is 75.0 Å². The fourth-order valence-electron chi connectivity index (χ4n) is 3.10. The van der Waals surface area contributed by atoms with Crippen molar-refractivity contribution in [1.29, 1.82) is 5.26 Å². The van der Waals surface area contributed by atoms with Gasteiger partial charge in [-0.1, -0.05) is 68.7 Å². The standard InChI is InChI=1S/C26H27N3O2S/c1-2-3-4-8-15-31-23-13-11-21(12-14-23)16-22(18-27)25(30)29-26-28-19-24(32-26)17-20-9-6-5-7-10-20/h5-7,9-14,16,19H,2-4,8,15,17H2,1H3,(H,28,29,30). The third-order valence-electron chi connectivity index (χ3n) is 4.82. The second-order valence-electron chi connectivity index (χ2n) is 7.40. The van der Waals surface area contributed by atoms with E-state index in [1.165, 1.54) is 36.2 Å². The zero-order chi connectivity index (χ0) is 22.6. The zero-order valence-corrected chi connectivity index (χ0v) is 19.0. The Morgan fingerprint density at radius 2 is 1.91 bits per heavy atom. The van der Waals surface area contributed by atoms with Crippen LogP contribution in [-0.4, -0.2) is 17.5 Å². The van der Waals surface area contributed by atoms with Gasteiger partial charge in [-0.2, -0.15) is 5.26 Å². The highest BCUT2D eigenvalue weighted by Crippen LogP contribution is 2.22. The Labute approximate surface area is 193 Å². The molecule has 0 aliphatic rings. The number of carbonyl (C=O) groups excluding carboxylic acids is 1. The number of hydrogen-bond acceptors (Lipinski definition) is 5. The van der Waals surface area contributed by atoms with Crippen LogP contribution < -0.4 is 10.1 Å². The van der Waals surface area contributed by atoms with E-state index in [-0.39, 0.29) is 5.57 Å². The Kier molecular flexibility index (Phi) is 9.03. The number of amides is 1. The van der Waals surface area contributed by atoms with Crippen LogP contribution in [0, 0.1) is 11.3 Å². The van der Waals surface area contributed by atoms with E-state index in [4.69, 9.17) is 4.74 Å². The number of carbonyl (C=O) groups is 1. The summed E-state index contributed by atoms with van der Waals surface area (Å²) in [6, 6.07) is 19.4. The molecule has 0 unspecified atom stereocenters. The summed E-state index contributed by atoms with van der Waals surface area (Å²) in [6.45, 7) is 2.88. The largest absolute Gasteiger partial charge is 0.494 e. The average Bonchev–Trinajstić information content (AvgIpc) is 3.25. The Morgan fingerprint density at radius 1 is 1.12 bits per heavy atom. The van der Waals surface area contributed by atoms with Crippen molar-refractivity contribution in [3.8, 4) is 11.8 Å². The predicted octanol–water partition coefficient (Wildman–Crippen LogP) is 6.24. The van der Waals surface area contributed by atoms with Crippen LogP contribution in [0.4, 0.5) is 5.13 Å². The molecule has 1 aromatic heterocycles. The van der Waals surface area contributed by atoms with Gasteiger partial charge in [-0.25, -0.2) is 4.98 Å². The van der Waals surface area contributed by atoms with E-state index < -0.39 is 5.91 Å². The normalized spacial score (nSPS) is 11.1. The van der Waals surface area contributed by atoms with Crippen molar-refractivity contribution >= 4 is 28.5 Å². The van der Waals surface area contributed by atoms with Crippen LogP contribution in [0.3, 0.4) is 0 Å². The quantitative estimate of drug-likeness (QED) is 0.215. The van der Waals surface area contributed by atoms with E-state index in [0.29, 0.717) is 11.7 Å². The Balaban J connectivity index is 1.55. The second-order valence-corrected chi connectivity index (χ2v) is 8.51. The first-order valence-corrected chi connectivity index (χ1v) is 11.6. The molecule has 1 amide bonds. The van der Waals surface area contributed by atoms with Crippen LogP contribution in [-0.2, 0) is 11.2 Å². The molecule has 0 radical (unpaired) electrons. The molecule has 164 valence electrons. The number of aromatic nitrogens is 1. The minimum absolute atomic E-state index is 0.0260. The van der Waals surface area contributed by atoms with E-state index in [1.807, 2.05) is 48.5 Å². The van der Waals surface area contributed by atoms with Crippen LogP contribution in [0.1, 0.15) is 48.6 Å². The molecule has 0 aliphatic carbocycles. The molecule has 2 aromatic carbocycles. The Morgan fingerprint density at radius 3 is 2.62 bits per heavy atom. The minimum atomic E-state index is -0.468. The molecule has 1 N–H and O–H groups in total. The molecule has 3 aromatic rings. The molecular formula is C26H27N3O2S. The molecule has 1 heterocycles. The average molecular weight is 446 g/mol. The molecule has 0 bridgehead atoms. The molecule has 0 fully saturated rings. The second kappa shape index (κ2) is 12.4. The van der Waals surface area contributed by atoms with Crippen molar-refractivity contribution in [2.24, 2.45) is 0 Å². The summed E-state index contributed by atoms with van der Waals surface area (Å²) in [5.74, 6) is 0.319. The van der Waals surface area contributed by atoms with Crippen molar-refractivity contribution in [3.63, 3.8) is 0 Å². The number of nitriles is 1. The number of rotatable bonds is 11. The number of ether oxygens (including phenoxy) is 1. The number of nitrogens with zero attached hydrogens (tertiary/aromatic N) is 2. The molecule has 0 aliphatic heterocycles. The summed E-state index contributed by atoms with van der Waals surface area (Å²) in [5.41, 5.74) is 1.97. The molecule has 6 heteroatoms.